The van der Waals surface area contributed by atoms with Gasteiger partial charge in [0.05, 0.1) is 29.8 Å². The highest BCUT2D eigenvalue weighted by Gasteiger charge is 2.44. The third-order valence-corrected chi connectivity index (χ3v) is 9.01. The maximum Gasteiger partial charge on any atom is 0.416 e. The predicted molar refractivity (Wildman–Crippen MR) is 154 cm³/mol. The van der Waals surface area contributed by atoms with E-state index in [1.807, 2.05) is 0 Å². The molecule has 0 aromatic heterocycles. The lowest BCUT2D eigenvalue weighted by molar-refractivity contribution is -0.143. The zero-order valence-corrected chi connectivity index (χ0v) is 25.9. The molecule has 2 unspecified atom stereocenters. The molecule has 0 saturated heterocycles. The Morgan fingerprint density at radius 2 is 1.42 bits per heavy atom. The summed E-state index contributed by atoms with van der Waals surface area (Å²) in [5, 5.41) is 0. The summed E-state index contributed by atoms with van der Waals surface area (Å²) in [4.78, 5) is 40.7. The number of benzene rings is 2. The first-order valence-electron chi connectivity index (χ1n) is 15.2. The molecule has 1 aliphatic carbocycles. The number of fused-ring (bicyclic) bond motifs is 1. The number of methoxy groups -OCH3 is 1. The monoisotopic (exact) mass is 695 g/mol. The number of rotatable bonds is 7. The molecule has 4 rings (SSSR count). The van der Waals surface area contributed by atoms with Crippen LogP contribution in [0.15, 0.2) is 36.4 Å². The molecule has 0 bridgehead atoms. The Labute approximate surface area is 270 Å². The minimum absolute atomic E-state index is 0.0109. The van der Waals surface area contributed by atoms with Gasteiger partial charge in [0.2, 0.25) is 11.8 Å². The molecule has 2 atom stereocenters. The third kappa shape index (κ3) is 8.17. The normalized spacial score (nSPS) is 21.8. The molecule has 2 aliphatic rings. The Balaban J connectivity index is 1.80. The van der Waals surface area contributed by atoms with Crippen molar-refractivity contribution in [2.45, 2.75) is 89.0 Å². The van der Waals surface area contributed by atoms with Crippen LogP contribution in [-0.2, 0) is 39.4 Å². The van der Waals surface area contributed by atoms with Gasteiger partial charge in [-0.05, 0) is 92.0 Å². The summed E-state index contributed by atoms with van der Waals surface area (Å²) in [7, 11) is 0.917. The van der Waals surface area contributed by atoms with Crippen molar-refractivity contribution < 1.29 is 58.6 Å². The van der Waals surface area contributed by atoms with Crippen LogP contribution >= 0.6 is 0 Å². The molecular formula is C32H34F9N3O4. The van der Waals surface area contributed by atoms with Gasteiger partial charge in [-0.15, -0.1) is 0 Å². The molecule has 2 aromatic rings. The summed E-state index contributed by atoms with van der Waals surface area (Å²) in [6, 6.07) is 1.34. The fourth-order valence-electron chi connectivity index (χ4n) is 6.67. The summed E-state index contributed by atoms with van der Waals surface area (Å²) < 4.78 is 128. The Bertz CT molecular complexity index is 1480. The highest BCUT2D eigenvalue weighted by atomic mass is 19.4. The van der Waals surface area contributed by atoms with Gasteiger partial charge in [0, 0.05) is 30.6 Å². The number of anilines is 1. The van der Waals surface area contributed by atoms with E-state index in [0.717, 1.165) is 30.2 Å². The first-order valence-corrected chi connectivity index (χ1v) is 15.2. The van der Waals surface area contributed by atoms with Crippen molar-refractivity contribution in [3.8, 4) is 0 Å². The van der Waals surface area contributed by atoms with Crippen molar-refractivity contribution >= 4 is 23.6 Å². The van der Waals surface area contributed by atoms with Crippen molar-refractivity contribution in [3.05, 3.63) is 64.2 Å². The second kappa shape index (κ2) is 13.9. The van der Waals surface area contributed by atoms with Crippen molar-refractivity contribution in [1.29, 1.82) is 0 Å². The molecule has 264 valence electrons. The zero-order valence-electron chi connectivity index (χ0n) is 25.9. The maximum absolute atomic E-state index is 14.0. The molecule has 3 amide bonds. The lowest BCUT2D eigenvalue weighted by Gasteiger charge is -2.45. The summed E-state index contributed by atoms with van der Waals surface area (Å²) in [6.45, 7) is 0.819. The number of nitrogens with two attached hydrogens (primary N) is 1. The van der Waals surface area contributed by atoms with Crippen molar-refractivity contribution in [2.24, 2.45) is 17.6 Å². The van der Waals surface area contributed by atoms with Gasteiger partial charge in [0.25, 0.3) is 0 Å². The van der Waals surface area contributed by atoms with E-state index in [0.29, 0.717) is 37.8 Å². The Morgan fingerprint density at radius 3 is 1.90 bits per heavy atom. The quantitative estimate of drug-likeness (QED) is 0.296. The smallest absolute Gasteiger partial charge is 0.416 e. The van der Waals surface area contributed by atoms with E-state index < -0.39 is 77.3 Å². The zero-order chi connectivity index (χ0) is 35.8. The second-order valence-electron chi connectivity index (χ2n) is 12.2. The van der Waals surface area contributed by atoms with Crippen molar-refractivity contribution in [1.82, 2.24) is 4.90 Å². The number of carbonyl (C=O) groups is 3. The van der Waals surface area contributed by atoms with Gasteiger partial charge in [-0.1, -0.05) is 6.92 Å². The molecule has 2 N–H and O–H groups in total. The van der Waals surface area contributed by atoms with Crippen molar-refractivity contribution in [2.75, 3.05) is 12.0 Å². The number of primary amides is 1. The van der Waals surface area contributed by atoms with Crippen LogP contribution in [0.5, 0.6) is 0 Å². The number of amides is 3. The highest BCUT2D eigenvalue weighted by Crippen LogP contribution is 2.47. The fraction of sp³-hybridized carbons (Fsp3) is 0.531. The standard InChI is InChI=1S/C32H34F9N3O4/c1-3-23-15-26(43(29(47)48-2)16-18-10-21(31(36,37)38)13-22(11-18)32(39,40)41)24-14-20(30(33,34)35)8-9-25(24)44(23)28(46)19-6-4-17(5-7-19)12-27(42)45/h8-11,13-14,17,19,23,26H,3-7,12,15-16H2,1-2H3,(H2,42,45). The van der Waals surface area contributed by atoms with Crippen LogP contribution in [-0.4, -0.2) is 36.0 Å². The fourth-order valence-corrected chi connectivity index (χ4v) is 6.67. The topological polar surface area (TPSA) is 92.9 Å². The molecule has 2 aromatic carbocycles. The number of ether oxygens (including phenoxy) is 1. The summed E-state index contributed by atoms with van der Waals surface area (Å²) in [5.74, 6) is -1.39. The number of hydrogen-bond acceptors (Lipinski definition) is 4. The lowest BCUT2D eigenvalue weighted by Crippen LogP contribution is -2.50. The van der Waals surface area contributed by atoms with Crippen molar-refractivity contribution in [3.63, 3.8) is 0 Å². The van der Waals surface area contributed by atoms with Crippen LogP contribution in [0, 0.1) is 11.8 Å². The number of carbonyl (C=O) groups excluding carboxylic acids is 3. The highest BCUT2D eigenvalue weighted by molar-refractivity contribution is 5.97. The Morgan fingerprint density at radius 1 is 0.854 bits per heavy atom. The van der Waals surface area contributed by atoms with E-state index in [1.54, 1.807) is 6.92 Å². The average molecular weight is 696 g/mol. The van der Waals surface area contributed by atoms with E-state index >= 15 is 0 Å². The first kappa shape index (κ1) is 36.8. The second-order valence-corrected chi connectivity index (χ2v) is 12.2. The van der Waals surface area contributed by atoms with E-state index in [4.69, 9.17) is 10.5 Å². The number of halogens is 9. The molecule has 1 fully saturated rings. The van der Waals surface area contributed by atoms with Crippen LogP contribution in [0.25, 0.3) is 0 Å². The lowest BCUT2D eigenvalue weighted by atomic mass is 9.78. The average Bonchev–Trinajstić information content (AvgIpc) is 3.00. The van der Waals surface area contributed by atoms with Gasteiger partial charge in [0.1, 0.15) is 0 Å². The van der Waals surface area contributed by atoms with E-state index in [-0.39, 0.29) is 48.4 Å². The summed E-state index contributed by atoms with van der Waals surface area (Å²) in [6.07, 6.45) is -14.4. The van der Waals surface area contributed by atoms with Gasteiger partial charge < -0.3 is 15.4 Å². The number of hydrogen-bond donors (Lipinski definition) is 1. The molecule has 1 saturated carbocycles. The molecular weight excluding hydrogens is 661 g/mol. The van der Waals surface area contributed by atoms with E-state index in [1.165, 1.54) is 4.90 Å². The number of nitrogens with zero attached hydrogens (tertiary/aromatic N) is 2. The van der Waals surface area contributed by atoms with Gasteiger partial charge >= 0.3 is 24.6 Å². The van der Waals surface area contributed by atoms with E-state index in [9.17, 15) is 53.9 Å². The molecule has 16 heteroatoms. The predicted octanol–water partition coefficient (Wildman–Crippen LogP) is 8.25. The first-order chi connectivity index (χ1) is 22.2. The largest absolute Gasteiger partial charge is 0.453 e. The summed E-state index contributed by atoms with van der Waals surface area (Å²) >= 11 is 0. The summed E-state index contributed by atoms with van der Waals surface area (Å²) in [5.41, 5.74) is 0.186. The minimum Gasteiger partial charge on any atom is -0.453 e. The van der Waals surface area contributed by atoms with Gasteiger partial charge in [-0.2, -0.15) is 39.5 Å². The minimum atomic E-state index is -5.18. The number of alkyl halides is 9. The van der Waals surface area contributed by atoms with Crippen LogP contribution in [0.1, 0.15) is 85.7 Å². The Kier molecular flexibility index (Phi) is 10.6. The maximum atomic E-state index is 14.0. The van der Waals surface area contributed by atoms with Gasteiger partial charge in [-0.25, -0.2) is 4.79 Å². The van der Waals surface area contributed by atoms with Crippen LogP contribution in [0.4, 0.5) is 50.0 Å². The molecule has 1 aliphatic heterocycles. The van der Waals surface area contributed by atoms with Gasteiger partial charge in [0.15, 0.2) is 0 Å². The SMILES string of the molecule is CCC1CC(N(Cc2cc(C(F)(F)F)cc(C(F)(F)F)c2)C(=O)OC)c2cc(C(F)(F)F)ccc2N1C(=O)C1CCC(CC(N)=O)CC1. The molecule has 1 heterocycles. The van der Waals surface area contributed by atoms with E-state index in [2.05, 4.69) is 0 Å². The van der Waals surface area contributed by atoms with Crippen LogP contribution < -0.4 is 10.6 Å². The Hall–Kier alpha value is -3.98. The molecule has 0 spiro atoms. The third-order valence-electron chi connectivity index (χ3n) is 9.01. The molecule has 7 nitrogen and oxygen atoms in total. The molecule has 48 heavy (non-hydrogen) atoms. The van der Waals surface area contributed by atoms with Crippen LogP contribution in [0.2, 0.25) is 0 Å². The van der Waals surface area contributed by atoms with Gasteiger partial charge in [-0.3, -0.25) is 14.5 Å². The van der Waals surface area contributed by atoms with Crippen LogP contribution in [0.3, 0.4) is 0 Å². The molecule has 0 radical (unpaired) electrons.